The molecule has 5 aromatic rings. The fourth-order valence-electron chi connectivity index (χ4n) is 3.11. The first-order valence-electron chi connectivity index (χ1n) is 8.96. The molecule has 4 heterocycles. The zero-order valence-electron chi connectivity index (χ0n) is 15.3. The SMILES string of the molecule is O=C(Cn1cnc2c(sc3nc(-c4cccs4)ccc32)c1=O)Nc1ccc(F)cc1. The Bertz CT molecular complexity index is 1440. The molecule has 0 spiro atoms. The monoisotopic (exact) mass is 436 g/mol. The van der Waals surface area contributed by atoms with Crippen LogP contribution in [0.4, 0.5) is 10.1 Å². The van der Waals surface area contributed by atoms with E-state index in [1.54, 1.807) is 11.3 Å². The first kappa shape index (κ1) is 18.6. The van der Waals surface area contributed by atoms with Crippen molar-refractivity contribution in [2.75, 3.05) is 5.32 Å². The molecule has 1 aromatic carbocycles. The summed E-state index contributed by atoms with van der Waals surface area (Å²) in [6, 6.07) is 13.2. The van der Waals surface area contributed by atoms with Crippen LogP contribution in [0.3, 0.4) is 0 Å². The molecule has 6 nitrogen and oxygen atoms in total. The Morgan fingerprint density at radius 3 is 2.73 bits per heavy atom. The quantitative estimate of drug-likeness (QED) is 0.450. The predicted octanol–water partition coefficient (Wildman–Crippen LogP) is 4.51. The van der Waals surface area contributed by atoms with Gasteiger partial charge >= 0.3 is 0 Å². The van der Waals surface area contributed by atoms with Crippen molar-refractivity contribution in [2.24, 2.45) is 0 Å². The number of nitrogens with zero attached hydrogens (tertiary/aromatic N) is 3. The van der Waals surface area contributed by atoms with Crippen molar-refractivity contribution in [3.63, 3.8) is 0 Å². The van der Waals surface area contributed by atoms with Crippen molar-refractivity contribution >= 4 is 54.7 Å². The van der Waals surface area contributed by atoms with Gasteiger partial charge in [-0.3, -0.25) is 14.2 Å². The van der Waals surface area contributed by atoms with Crippen molar-refractivity contribution in [2.45, 2.75) is 6.54 Å². The van der Waals surface area contributed by atoms with Crippen LogP contribution < -0.4 is 10.9 Å². The second kappa shape index (κ2) is 7.43. The summed E-state index contributed by atoms with van der Waals surface area (Å²) in [6.45, 7) is -0.193. The fraction of sp³-hybridized carbons (Fsp3) is 0.0476. The van der Waals surface area contributed by atoms with Crippen LogP contribution in [0.1, 0.15) is 0 Å². The summed E-state index contributed by atoms with van der Waals surface area (Å²) in [5.74, 6) is -0.788. The molecular weight excluding hydrogens is 423 g/mol. The molecule has 9 heteroatoms. The number of aromatic nitrogens is 3. The maximum absolute atomic E-state index is 13.0. The number of fused-ring (bicyclic) bond motifs is 3. The van der Waals surface area contributed by atoms with E-state index >= 15 is 0 Å². The summed E-state index contributed by atoms with van der Waals surface area (Å²) in [5, 5.41) is 5.45. The van der Waals surface area contributed by atoms with Crippen LogP contribution in [0.25, 0.3) is 31.0 Å². The van der Waals surface area contributed by atoms with Crippen LogP contribution in [0.5, 0.6) is 0 Å². The van der Waals surface area contributed by atoms with Gasteiger partial charge in [-0.05, 0) is 47.8 Å². The van der Waals surface area contributed by atoms with Crippen LogP contribution in [-0.2, 0) is 11.3 Å². The number of anilines is 1. The number of thiophene rings is 2. The number of carbonyl (C=O) groups is 1. The van der Waals surface area contributed by atoms with Crippen LogP contribution in [-0.4, -0.2) is 20.4 Å². The third-order valence-corrected chi connectivity index (χ3v) is 6.50. The van der Waals surface area contributed by atoms with E-state index in [4.69, 9.17) is 0 Å². The minimum absolute atomic E-state index is 0.193. The van der Waals surface area contributed by atoms with Gasteiger partial charge in [-0.25, -0.2) is 14.4 Å². The molecular formula is C21H13FN4O2S2. The van der Waals surface area contributed by atoms with Crippen LogP contribution >= 0.6 is 22.7 Å². The summed E-state index contributed by atoms with van der Waals surface area (Å²) in [7, 11) is 0. The van der Waals surface area contributed by atoms with Gasteiger partial charge in [0.05, 0.1) is 22.4 Å². The number of nitrogens with one attached hydrogen (secondary N) is 1. The number of hydrogen-bond donors (Lipinski definition) is 1. The first-order valence-corrected chi connectivity index (χ1v) is 10.7. The Labute approximate surface area is 177 Å². The molecule has 4 aromatic heterocycles. The zero-order valence-corrected chi connectivity index (χ0v) is 17.0. The first-order chi connectivity index (χ1) is 14.6. The largest absolute Gasteiger partial charge is 0.325 e. The average Bonchev–Trinajstić information content (AvgIpc) is 3.40. The van der Waals surface area contributed by atoms with Crippen molar-refractivity contribution in [1.82, 2.24) is 14.5 Å². The van der Waals surface area contributed by atoms with E-state index < -0.39 is 5.91 Å². The maximum atomic E-state index is 13.0. The lowest BCUT2D eigenvalue weighted by atomic mass is 10.2. The molecule has 5 rings (SSSR count). The number of benzene rings is 1. The molecule has 1 amide bonds. The number of pyridine rings is 1. The third kappa shape index (κ3) is 3.38. The van der Waals surface area contributed by atoms with Gasteiger partial charge in [0.2, 0.25) is 5.91 Å². The summed E-state index contributed by atoms with van der Waals surface area (Å²) >= 11 is 2.87. The topological polar surface area (TPSA) is 76.9 Å². The summed E-state index contributed by atoms with van der Waals surface area (Å²) in [6.07, 6.45) is 1.37. The van der Waals surface area contributed by atoms with Gasteiger partial charge in [-0.15, -0.1) is 22.7 Å². The van der Waals surface area contributed by atoms with Crippen LogP contribution in [0.15, 0.2) is 65.0 Å². The van der Waals surface area contributed by atoms with E-state index in [0.717, 1.165) is 20.8 Å². The highest BCUT2D eigenvalue weighted by molar-refractivity contribution is 7.25. The number of hydrogen-bond acceptors (Lipinski definition) is 6. The molecule has 0 aliphatic heterocycles. The lowest BCUT2D eigenvalue weighted by molar-refractivity contribution is -0.116. The molecule has 30 heavy (non-hydrogen) atoms. The predicted molar refractivity (Wildman–Crippen MR) is 118 cm³/mol. The van der Waals surface area contributed by atoms with Gasteiger partial charge in [-0.2, -0.15) is 0 Å². The minimum Gasteiger partial charge on any atom is -0.325 e. The lowest BCUT2D eigenvalue weighted by Crippen LogP contribution is -2.27. The van der Waals surface area contributed by atoms with Crippen molar-refractivity contribution in [3.05, 3.63) is 76.4 Å². The normalized spacial score (nSPS) is 11.2. The Morgan fingerprint density at radius 2 is 1.97 bits per heavy atom. The highest BCUT2D eigenvalue weighted by atomic mass is 32.1. The van der Waals surface area contributed by atoms with Gasteiger partial charge < -0.3 is 5.32 Å². The highest BCUT2D eigenvalue weighted by Gasteiger charge is 2.15. The van der Waals surface area contributed by atoms with E-state index in [0.29, 0.717) is 15.9 Å². The second-order valence-corrected chi connectivity index (χ2v) is 8.49. The Morgan fingerprint density at radius 1 is 1.13 bits per heavy atom. The molecule has 0 radical (unpaired) electrons. The van der Waals surface area contributed by atoms with E-state index in [1.807, 2.05) is 29.6 Å². The van der Waals surface area contributed by atoms with E-state index in [2.05, 4.69) is 15.3 Å². The third-order valence-electron chi connectivity index (χ3n) is 4.53. The molecule has 0 saturated carbocycles. The minimum atomic E-state index is -0.399. The smallest absolute Gasteiger partial charge is 0.271 e. The average molecular weight is 436 g/mol. The maximum Gasteiger partial charge on any atom is 0.271 e. The summed E-state index contributed by atoms with van der Waals surface area (Å²) < 4.78 is 14.7. The molecule has 148 valence electrons. The Hall–Kier alpha value is -3.43. The standard InChI is InChI=1S/C21H13FN4O2S2/c22-12-3-5-13(6-4-12)24-17(27)10-26-11-23-18-14-7-8-15(16-2-1-9-29-16)25-20(14)30-19(18)21(26)28/h1-9,11H,10H2,(H,24,27). The van der Waals surface area contributed by atoms with Crippen molar-refractivity contribution in [3.8, 4) is 10.6 Å². The summed E-state index contributed by atoms with van der Waals surface area (Å²) in [4.78, 5) is 36.1. The molecule has 0 bridgehead atoms. The second-order valence-electron chi connectivity index (χ2n) is 6.54. The van der Waals surface area contributed by atoms with Gasteiger partial charge in [0.25, 0.3) is 5.56 Å². The highest BCUT2D eigenvalue weighted by Crippen LogP contribution is 2.32. The van der Waals surface area contributed by atoms with Crippen LogP contribution in [0, 0.1) is 5.82 Å². The van der Waals surface area contributed by atoms with E-state index in [9.17, 15) is 14.0 Å². The number of rotatable bonds is 4. The van der Waals surface area contributed by atoms with Gasteiger partial charge in [-0.1, -0.05) is 6.07 Å². The number of amides is 1. The molecule has 0 unspecified atom stereocenters. The fourth-order valence-corrected chi connectivity index (χ4v) is 4.88. The molecule has 1 N–H and O–H groups in total. The van der Waals surface area contributed by atoms with Gasteiger partial charge in [0.1, 0.15) is 21.9 Å². The lowest BCUT2D eigenvalue weighted by Gasteiger charge is -2.07. The zero-order chi connectivity index (χ0) is 20.7. The number of halogens is 1. The summed E-state index contributed by atoms with van der Waals surface area (Å²) in [5.41, 5.74) is 1.59. The molecule has 0 aliphatic carbocycles. The molecule has 0 saturated heterocycles. The Balaban J connectivity index is 1.47. The van der Waals surface area contributed by atoms with Crippen molar-refractivity contribution in [1.29, 1.82) is 0 Å². The molecule has 0 fully saturated rings. The van der Waals surface area contributed by atoms with E-state index in [1.165, 1.54) is 46.5 Å². The number of carbonyl (C=O) groups excluding carboxylic acids is 1. The van der Waals surface area contributed by atoms with Crippen molar-refractivity contribution < 1.29 is 9.18 Å². The Kier molecular flexibility index (Phi) is 4.61. The van der Waals surface area contributed by atoms with Gasteiger partial charge in [0, 0.05) is 11.1 Å². The molecule has 0 aliphatic rings. The van der Waals surface area contributed by atoms with Gasteiger partial charge in [0.15, 0.2) is 0 Å². The van der Waals surface area contributed by atoms with Crippen LogP contribution in [0.2, 0.25) is 0 Å². The van der Waals surface area contributed by atoms with E-state index in [-0.39, 0.29) is 17.9 Å². The molecule has 0 atom stereocenters.